The van der Waals surface area contributed by atoms with Crippen LogP contribution in [0.25, 0.3) is 10.8 Å². The minimum absolute atomic E-state index is 0.0507. The number of hydrogen-bond acceptors (Lipinski definition) is 9. The third kappa shape index (κ3) is 6.28. The number of fused-ring (bicyclic) bond motifs is 2. The van der Waals surface area contributed by atoms with Gasteiger partial charge < -0.3 is 29.4 Å². The molecule has 1 aromatic heterocycles. The van der Waals surface area contributed by atoms with Crippen LogP contribution >= 0.6 is 0 Å². The smallest absolute Gasteiger partial charge is 0.318 e. The summed E-state index contributed by atoms with van der Waals surface area (Å²) in [5.74, 6) is 1.46. The maximum Gasteiger partial charge on any atom is 0.318 e. The summed E-state index contributed by atoms with van der Waals surface area (Å²) in [5, 5.41) is 12.6. The van der Waals surface area contributed by atoms with Crippen molar-refractivity contribution in [2.45, 2.75) is 19.4 Å². The van der Waals surface area contributed by atoms with E-state index in [2.05, 4.69) is 27.3 Å². The average Bonchev–Trinajstić information content (AvgIpc) is 3.49. The number of nitrogens with zero attached hydrogens (tertiary/aromatic N) is 7. The van der Waals surface area contributed by atoms with E-state index in [0.29, 0.717) is 51.9 Å². The number of likely N-dealkylation sites (N-methyl/N-ethyl adjacent to an activating group) is 1. The number of piperazine rings is 1. The standard InChI is InChI=1S/C33H41N7O4/c1-4-30(42)38-13-15-39(16-14-38)32-27-10-12-40(29-18-25(41)17-24-7-5-6-8-26(24)29)20-28(27)34-33(35-32)44-22-23-9-11-37(19-23)21-31(43)36(2)3/h4-8,17-18,23,41H,1,9-16,19-22H2,2-3H3. The van der Waals surface area contributed by atoms with Crippen LogP contribution in [-0.2, 0) is 22.6 Å². The van der Waals surface area contributed by atoms with Gasteiger partial charge in [-0.3, -0.25) is 14.5 Å². The Balaban J connectivity index is 1.24. The molecule has 2 saturated heterocycles. The number of amides is 2. The Bertz CT molecular complexity index is 1550. The van der Waals surface area contributed by atoms with Crippen LogP contribution in [0.15, 0.2) is 49.1 Å². The van der Waals surface area contributed by atoms with Crippen LogP contribution < -0.4 is 14.5 Å². The molecule has 0 bridgehead atoms. The van der Waals surface area contributed by atoms with E-state index < -0.39 is 0 Å². The van der Waals surface area contributed by atoms with Gasteiger partial charge in [0.05, 0.1) is 25.4 Å². The minimum Gasteiger partial charge on any atom is -0.508 e. The first-order valence-corrected chi connectivity index (χ1v) is 15.4. The van der Waals surface area contributed by atoms with Gasteiger partial charge >= 0.3 is 6.01 Å². The molecule has 3 aromatic rings. The summed E-state index contributed by atoms with van der Waals surface area (Å²) in [5.41, 5.74) is 3.00. The molecule has 11 nitrogen and oxygen atoms in total. The van der Waals surface area contributed by atoms with Gasteiger partial charge in [0.2, 0.25) is 11.8 Å². The van der Waals surface area contributed by atoms with Gasteiger partial charge in [0.25, 0.3) is 0 Å². The number of rotatable bonds is 8. The van der Waals surface area contributed by atoms with Crippen molar-refractivity contribution in [1.29, 1.82) is 0 Å². The molecule has 3 aliphatic rings. The van der Waals surface area contributed by atoms with Crippen molar-refractivity contribution in [2.24, 2.45) is 5.92 Å². The van der Waals surface area contributed by atoms with E-state index in [1.807, 2.05) is 29.2 Å². The van der Waals surface area contributed by atoms with Crippen LogP contribution in [0, 0.1) is 5.92 Å². The molecule has 2 aromatic carbocycles. The van der Waals surface area contributed by atoms with Crippen molar-refractivity contribution < 1.29 is 19.4 Å². The molecule has 2 amide bonds. The molecule has 232 valence electrons. The zero-order valence-corrected chi connectivity index (χ0v) is 25.6. The Morgan fingerprint density at radius 1 is 1.07 bits per heavy atom. The first-order valence-electron chi connectivity index (χ1n) is 15.4. The normalized spacial score (nSPS) is 18.8. The molecule has 44 heavy (non-hydrogen) atoms. The maximum atomic E-state index is 12.2. The highest BCUT2D eigenvalue weighted by Gasteiger charge is 2.30. The Morgan fingerprint density at radius 3 is 2.64 bits per heavy atom. The van der Waals surface area contributed by atoms with Crippen LogP contribution in [0.2, 0.25) is 0 Å². The number of carbonyl (C=O) groups is 2. The van der Waals surface area contributed by atoms with E-state index in [1.165, 1.54) is 6.08 Å². The fourth-order valence-electron chi connectivity index (χ4n) is 6.44. The number of likely N-dealkylation sites (tertiary alicyclic amines) is 1. The highest BCUT2D eigenvalue weighted by atomic mass is 16.5. The number of phenolic OH excluding ortho intramolecular Hbond substituents is 1. The zero-order valence-electron chi connectivity index (χ0n) is 25.6. The van der Waals surface area contributed by atoms with E-state index in [9.17, 15) is 14.7 Å². The Morgan fingerprint density at radius 2 is 1.86 bits per heavy atom. The molecule has 1 N–H and O–H groups in total. The number of carbonyl (C=O) groups excluding carboxylic acids is 2. The molecule has 0 saturated carbocycles. The minimum atomic E-state index is -0.0507. The monoisotopic (exact) mass is 599 g/mol. The Hall–Kier alpha value is -4.38. The third-order valence-corrected chi connectivity index (χ3v) is 8.93. The van der Waals surface area contributed by atoms with E-state index >= 15 is 0 Å². The van der Waals surface area contributed by atoms with Crippen LogP contribution in [0.5, 0.6) is 11.8 Å². The fourth-order valence-corrected chi connectivity index (χ4v) is 6.44. The summed E-state index contributed by atoms with van der Waals surface area (Å²) in [6.45, 7) is 10.1. The fraction of sp³-hybridized carbons (Fsp3) is 0.455. The average molecular weight is 600 g/mol. The summed E-state index contributed by atoms with van der Waals surface area (Å²) < 4.78 is 6.29. The van der Waals surface area contributed by atoms with Gasteiger partial charge in [-0.25, -0.2) is 0 Å². The number of anilines is 2. The zero-order chi connectivity index (χ0) is 30.8. The quantitative estimate of drug-likeness (QED) is 0.391. The number of ether oxygens (including phenoxy) is 1. The summed E-state index contributed by atoms with van der Waals surface area (Å²) in [7, 11) is 3.57. The topological polar surface area (TPSA) is 106 Å². The number of aromatic nitrogens is 2. The molecular weight excluding hydrogens is 558 g/mol. The molecule has 6 rings (SSSR count). The first-order chi connectivity index (χ1) is 21.3. The largest absolute Gasteiger partial charge is 0.508 e. The van der Waals surface area contributed by atoms with Crippen LogP contribution in [0.3, 0.4) is 0 Å². The van der Waals surface area contributed by atoms with Crippen molar-refractivity contribution in [3.05, 3.63) is 60.3 Å². The Labute approximate surface area is 258 Å². The molecule has 11 heteroatoms. The molecule has 1 unspecified atom stereocenters. The van der Waals surface area contributed by atoms with Crippen LogP contribution in [-0.4, -0.2) is 115 Å². The lowest BCUT2D eigenvalue weighted by Crippen LogP contribution is -2.49. The predicted octanol–water partition coefficient (Wildman–Crippen LogP) is 2.52. The van der Waals surface area contributed by atoms with Crippen molar-refractivity contribution in [3.8, 4) is 11.8 Å². The third-order valence-electron chi connectivity index (χ3n) is 8.93. The summed E-state index contributed by atoms with van der Waals surface area (Å²) >= 11 is 0. The summed E-state index contributed by atoms with van der Waals surface area (Å²) in [6.07, 6.45) is 3.07. The second-order valence-electron chi connectivity index (χ2n) is 12.1. The van der Waals surface area contributed by atoms with Gasteiger partial charge in [0.1, 0.15) is 11.6 Å². The number of hydrogen-bond donors (Lipinski definition) is 1. The number of benzene rings is 2. The Kier molecular flexibility index (Phi) is 8.56. The molecule has 0 radical (unpaired) electrons. The summed E-state index contributed by atoms with van der Waals surface area (Å²) in [6, 6.07) is 12.1. The number of aromatic hydroxyl groups is 1. The molecule has 2 fully saturated rings. The lowest BCUT2D eigenvalue weighted by molar-refractivity contribution is -0.129. The summed E-state index contributed by atoms with van der Waals surface area (Å²) in [4.78, 5) is 44.4. The molecule has 0 spiro atoms. The molecule has 1 atom stereocenters. The van der Waals surface area contributed by atoms with Crippen molar-refractivity contribution >= 4 is 34.1 Å². The second kappa shape index (κ2) is 12.7. The van der Waals surface area contributed by atoms with Crippen LogP contribution in [0.1, 0.15) is 17.7 Å². The first kappa shape index (κ1) is 29.7. The SMILES string of the molecule is C=CC(=O)N1CCN(c2nc(OCC3CCN(CC(=O)N(C)C)C3)nc3c2CCN(c2cc(O)cc4ccccc24)C3)CC1. The predicted molar refractivity (Wildman–Crippen MR) is 170 cm³/mol. The lowest BCUT2D eigenvalue weighted by Gasteiger charge is -2.38. The van der Waals surface area contributed by atoms with E-state index in [0.717, 1.165) is 66.0 Å². The van der Waals surface area contributed by atoms with Crippen molar-refractivity contribution in [3.63, 3.8) is 0 Å². The van der Waals surface area contributed by atoms with Crippen molar-refractivity contribution in [2.75, 3.05) is 82.9 Å². The van der Waals surface area contributed by atoms with Crippen molar-refractivity contribution in [1.82, 2.24) is 24.7 Å². The second-order valence-corrected chi connectivity index (χ2v) is 12.1. The van der Waals surface area contributed by atoms with E-state index in [-0.39, 0.29) is 23.5 Å². The van der Waals surface area contributed by atoms with Gasteiger partial charge in [0.15, 0.2) is 0 Å². The molecule has 3 aliphatic heterocycles. The highest BCUT2D eigenvalue weighted by Crippen LogP contribution is 2.36. The lowest BCUT2D eigenvalue weighted by atomic mass is 10.0. The van der Waals surface area contributed by atoms with Crippen LogP contribution in [0.4, 0.5) is 11.5 Å². The van der Waals surface area contributed by atoms with Gasteiger partial charge in [-0.15, -0.1) is 0 Å². The van der Waals surface area contributed by atoms with Gasteiger partial charge in [-0.05, 0) is 36.9 Å². The molecule has 0 aliphatic carbocycles. The molecule has 4 heterocycles. The molecular formula is C33H41N7O4. The van der Waals surface area contributed by atoms with E-state index in [4.69, 9.17) is 14.7 Å². The van der Waals surface area contributed by atoms with Gasteiger partial charge in [-0.2, -0.15) is 9.97 Å². The van der Waals surface area contributed by atoms with E-state index in [1.54, 1.807) is 25.1 Å². The van der Waals surface area contributed by atoms with Gasteiger partial charge in [-0.1, -0.05) is 30.8 Å². The van der Waals surface area contributed by atoms with Gasteiger partial charge in [0, 0.05) is 82.0 Å². The highest BCUT2D eigenvalue weighted by molar-refractivity contribution is 5.95. The maximum absolute atomic E-state index is 12.2. The number of phenols is 1.